The summed E-state index contributed by atoms with van der Waals surface area (Å²) in [5.41, 5.74) is 0. The highest BCUT2D eigenvalue weighted by Gasteiger charge is 2.19. The van der Waals surface area contributed by atoms with Crippen LogP contribution in [-0.2, 0) is 28.6 Å². The molecule has 6 heteroatoms. The fourth-order valence-corrected chi connectivity index (χ4v) is 8.44. The third-order valence-electron chi connectivity index (χ3n) is 13.4. The smallest absolute Gasteiger partial charge is 0.306 e. The molecule has 0 aliphatic rings. The monoisotopic (exact) mass is 1140 g/mol. The van der Waals surface area contributed by atoms with Gasteiger partial charge < -0.3 is 14.2 Å². The van der Waals surface area contributed by atoms with Gasteiger partial charge >= 0.3 is 17.9 Å². The standard InChI is InChI=1S/C77H120O6/c1-4-7-10-13-16-19-22-24-26-28-30-32-33-34-35-36-37-38-39-40-41-42-43-45-46-48-50-52-55-58-61-64-67-70-76(79)82-73-74(72-81-75(78)69-66-63-60-57-54-21-18-15-12-9-6-3)83-77(80)71-68-65-62-59-56-53-51-49-47-44-31-29-27-25-23-20-17-14-11-8-5-2/h7-8,10-11,15-20,24-27,30-32,34-35,37-38,40-41,43-45,48-51,74H,4-6,9,12-14,21-23,28-29,33,36,39,42,46-47,52-73H2,1-3H3/b10-7-,11-8-,18-15-,19-16-,20-17-,26-24-,27-25-,32-30-,35-34-,38-37-,41-40-,44-31-,45-43-,50-48-,51-49-. The predicted octanol–water partition coefficient (Wildman–Crippen LogP) is 23.2. The number of rotatable bonds is 58. The summed E-state index contributed by atoms with van der Waals surface area (Å²) < 4.78 is 16.9. The Labute approximate surface area is 510 Å². The van der Waals surface area contributed by atoms with Crippen LogP contribution in [0, 0.1) is 0 Å². The summed E-state index contributed by atoms with van der Waals surface area (Å²) in [6, 6.07) is 0. The Morgan fingerprint density at radius 3 is 0.747 bits per heavy atom. The summed E-state index contributed by atoms with van der Waals surface area (Å²) in [6.45, 7) is 6.32. The summed E-state index contributed by atoms with van der Waals surface area (Å²) in [5, 5.41) is 0. The molecular formula is C77H120O6. The Bertz CT molecular complexity index is 1940. The van der Waals surface area contributed by atoms with E-state index in [2.05, 4.69) is 203 Å². The molecule has 0 spiro atoms. The fourth-order valence-electron chi connectivity index (χ4n) is 8.44. The zero-order valence-corrected chi connectivity index (χ0v) is 53.1. The van der Waals surface area contributed by atoms with Crippen molar-refractivity contribution in [3.05, 3.63) is 182 Å². The van der Waals surface area contributed by atoms with Crippen molar-refractivity contribution < 1.29 is 28.6 Å². The third-order valence-corrected chi connectivity index (χ3v) is 13.4. The van der Waals surface area contributed by atoms with E-state index in [4.69, 9.17) is 14.2 Å². The van der Waals surface area contributed by atoms with Crippen molar-refractivity contribution in [2.75, 3.05) is 13.2 Å². The van der Waals surface area contributed by atoms with Crippen LogP contribution < -0.4 is 0 Å². The molecule has 0 aromatic heterocycles. The van der Waals surface area contributed by atoms with Gasteiger partial charge in [0.15, 0.2) is 6.10 Å². The molecule has 0 heterocycles. The minimum atomic E-state index is -0.811. The second-order valence-electron chi connectivity index (χ2n) is 21.3. The SMILES string of the molecule is CC/C=C\C/C=C\C/C=C\C/C=C\C/C=C\C/C=C\C/C=C\C/C=C\C/C=C\CCCCCCCC(=O)OCC(COC(=O)CCCCCCC/C=C\CCCC)OC(=O)CCCCCCC/C=C\C/C=C\C/C=C\C/C=C\C/C=C\CC. The molecule has 0 saturated carbocycles. The molecule has 0 aromatic carbocycles. The van der Waals surface area contributed by atoms with Crippen molar-refractivity contribution in [2.24, 2.45) is 0 Å². The van der Waals surface area contributed by atoms with Crippen LogP contribution in [0.4, 0.5) is 0 Å². The van der Waals surface area contributed by atoms with Gasteiger partial charge in [-0.15, -0.1) is 0 Å². The molecule has 0 aliphatic carbocycles. The molecule has 0 amide bonds. The first kappa shape index (κ1) is 77.5. The summed E-state index contributed by atoms with van der Waals surface area (Å²) >= 11 is 0. The van der Waals surface area contributed by atoms with Crippen LogP contribution in [0.15, 0.2) is 182 Å². The summed E-state index contributed by atoms with van der Waals surface area (Å²) in [7, 11) is 0. The largest absolute Gasteiger partial charge is 0.462 e. The van der Waals surface area contributed by atoms with Crippen LogP contribution in [0.2, 0.25) is 0 Å². The first-order chi connectivity index (χ1) is 41.0. The Balaban J connectivity index is 4.37. The van der Waals surface area contributed by atoms with Crippen molar-refractivity contribution in [3.63, 3.8) is 0 Å². The maximum Gasteiger partial charge on any atom is 0.306 e. The topological polar surface area (TPSA) is 78.9 Å². The number of esters is 3. The van der Waals surface area contributed by atoms with Gasteiger partial charge in [-0.2, -0.15) is 0 Å². The summed E-state index contributed by atoms with van der Waals surface area (Å²) in [6.07, 6.45) is 103. The van der Waals surface area contributed by atoms with E-state index in [0.717, 1.165) is 199 Å². The van der Waals surface area contributed by atoms with E-state index in [1.807, 2.05) is 0 Å². The number of unbranched alkanes of at least 4 members (excludes halogenated alkanes) is 17. The van der Waals surface area contributed by atoms with Crippen LogP contribution >= 0.6 is 0 Å². The van der Waals surface area contributed by atoms with Crippen LogP contribution in [0.1, 0.15) is 265 Å². The molecule has 464 valence electrons. The number of carbonyl (C=O) groups excluding carboxylic acids is 3. The van der Waals surface area contributed by atoms with E-state index in [1.54, 1.807) is 0 Å². The van der Waals surface area contributed by atoms with Crippen molar-refractivity contribution >= 4 is 17.9 Å². The number of hydrogen-bond acceptors (Lipinski definition) is 6. The zero-order chi connectivity index (χ0) is 59.9. The van der Waals surface area contributed by atoms with Gasteiger partial charge in [0.1, 0.15) is 13.2 Å². The molecule has 0 bridgehead atoms. The van der Waals surface area contributed by atoms with Crippen LogP contribution in [-0.4, -0.2) is 37.2 Å². The molecule has 6 nitrogen and oxygen atoms in total. The van der Waals surface area contributed by atoms with Gasteiger partial charge in [-0.25, -0.2) is 0 Å². The first-order valence-electron chi connectivity index (χ1n) is 33.3. The Morgan fingerprint density at radius 1 is 0.253 bits per heavy atom. The lowest BCUT2D eigenvalue weighted by Crippen LogP contribution is -2.30. The lowest BCUT2D eigenvalue weighted by Gasteiger charge is -2.18. The molecule has 0 N–H and O–H groups in total. The molecule has 1 unspecified atom stereocenters. The number of carbonyl (C=O) groups is 3. The van der Waals surface area contributed by atoms with E-state index in [9.17, 15) is 14.4 Å². The normalized spacial score (nSPS) is 13.3. The highest BCUT2D eigenvalue weighted by Crippen LogP contribution is 2.14. The molecule has 1 atom stereocenters. The molecule has 0 rings (SSSR count). The van der Waals surface area contributed by atoms with Crippen LogP contribution in [0.5, 0.6) is 0 Å². The van der Waals surface area contributed by atoms with Gasteiger partial charge in [0.25, 0.3) is 0 Å². The van der Waals surface area contributed by atoms with E-state index in [1.165, 1.54) is 25.7 Å². The minimum Gasteiger partial charge on any atom is -0.462 e. The maximum absolute atomic E-state index is 12.9. The van der Waals surface area contributed by atoms with Gasteiger partial charge in [-0.05, 0) is 154 Å². The van der Waals surface area contributed by atoms with E-state index < -0.39 is 6.10 Å². The Kier molecular flexibility index (Phi) is 64.4. The second kappa shape index (κ2) is 69.0. The average Bonchev–Trinajstić information content (AvgIpc) is 3.48. The fraction of sp³-hybridized carbons (Fsp3) is 0.571. The van der Waals surface area contributed by atoms with Gasteiger partial charge in [-0.3, -0.25) is 14.4 Å². The van der Waals surface area contributed by atoms with Crippen molar-refractivity contribution in [3.8, 4) is 0 Å². The Morgan fingerprint density at radius 2 is 0.470 bits per heavy atom. The third kappa shape index (κ3) is 67.2. The molecular weight excluding hydrogens is 1020 g/mol. The molecule has 0 aliphatic heterocycles. The highest BCUT2D eigenvalue weighted by molar-refractivity contribution is 5.71. The van der Waals surface area contributed by atoms with E-state index >= 15 is 0 Å². The van der Waals surface area contributed by atoms with Crippen molar-refractivity contribution in [1.82, 2.24) is 0 Å². The van der Waals surface area contributed by atoms with Crippen molar-refractivity contribution in [2.45, 2.75) is 271 Å². The molecule has 0 saturated heterocycles. The predicted molar refractivity (Wildman–Crippen MR) is 361 cm³/mol. The minimum absolute atomic E-state index is 0.105. The quantitative estimate of drug-likeness (QED) is 0.0261. The van der Waals surface area contributed by atoms with Gasteiger partial charge in [0, 0.05) is 19.3 Å². The van der Waals surface area contributed by atoms with E-state index in [0.29, 0.717) is 19.3 Å². The first-order valence-corrected chi connectivity index (χ1v) is 33.3. The molecule has 0 radical (unpaired) electrons. The van der Waals surface area contributed by atoms with Gasteiger partial charge in [0.05, 0.1) is 0 Å². The van der Waals surface area contributed by atoms with Gasteiger partial charge in [0.2, 0.25) is 0 Å². The summed E-state index contributed by atoms with van der Waals surface area (Å²) in [5.74, 6) is -0.959. The molecule has 0 aromatic rings. The number of allylic oxidation sites excluding steroid dienone is 30. The lowest BCUT2D eigenvalue weighted by molar-refractivity contribution is -0.167. The van der Waals surface area contributed by atoms with Gasteiger partial charge in [-0.1, -0.05) is 274 Å². The molecule has 0 fully saturated rings. The average molecular weight is 1140 g/mol. The number of ether oxygens (including phenoxy) is 3. The second-order valence-corrected chi connectivity index (χ2v) is 21.3. The molecule has 83 heavy (non-hydrogen) atoms. The zero-order valence-electron chi connectivity index (χ0n) is 53.1. The highest BCUT2D eigenvalue weighted by atomic mass is 16.6. The van der Waals surface area contributed by atoms with E-state index in [-0.39, 0.29) is 31.1 Å². The van der Waals surface area contributed by atoms with Crippen LogP contribution in [0.25, 0.3) is 0 Å². The number of hydrogen-bond donors (Lipinski definition) is 0. The van der Waals surface area contributed by atoms with Crippen LogP contribution in [0.3, 0.4) is 0 Å². The summed E-state index contributed by atoms with van der Waals surface area (Å²) in [4.78, 5) is 38.3. The van der Waals surface area contributed by atoms with Crippen molar-refractivity contribution in [1.29, 1.82) is 0 Å². The maximum atomic E-state index is 12.9. The Hall–Kier alpha value is -5.49. The lowest BCUT2D eigenvalue weighted by atomic mass is 10.1.